The maximum Gasteiger partial charge on any atom is 0.246 e. The van der Waals surface area contributed by atoms with E-state index in [1.54, 1.807) is 19.2 Å². The van der Waals surface area contributed by atoms with E-state index in [-0.39, 0.29) is 56.3 Å². The van der Waals surface area contributed by atoms with Crippen molar-refractivity contribution in [3.05, 3.63) is 56.4 Å². The number of anilines is 1. The van der Waals surface area contributed by atoms with Crippen LogP contribution in [0.4, 0.5) is 5.69 Å². The number of aromatic nitrogens is 2. The molecule has 13 heteroatoms. The molecule has 220 valence electrons. The summed E-state index contributed by atoms with van der Waals surface area (Å²) in [4.78, 5) is 33.4. The van der Waals surface area contributed by atoms with Crippen LogP contribution in [0.3, 0.4) is 0 Å². The number of rotatable bonds is 9. The van der Waals surface area contributed by atoms with Crippen LogP contribution in [0.5, 0.6) is 5.75 Å². The van der Waals surface area contributed by atoms with Crippen molar-refractivity contribution in [3.8, 4) is 5.75 Å². The monoisotopic (exact) mass is 695 g/mol. The summed E-state index contributed by atoms with van der Waals surface area (Å²) in [6, 6.07) is 7.47. The summed E-state index contributed by atoms with van der Waals surface area (Å²) >= 11 is 16.7. The molecule has 1 aliphatic rings. The summed E-state index contributed by atoms with van der Waals surface area (Å²) in [7, 11) is 3.58. The molecule has 8 nitrogen and oxygen atoms in total. The average molecular weight is 698 g/mol. The van der Waals surface area contributed by atoms with Gasteiger partial charge in [0.2, 0.25) is 11.8 Å². The lowest BCUT2D eigenvalue weighted by Gasteiger charge is -2.30. The van der Waals surface area contributed by atoms with E-state index < -0.39 is 0 Å². The Balaban J connectivity index is 0.00000280. The summed E-state index contributed by atoms with van der Waals surface area (Å²) in [6.07, 6.45) is 7.77. The number of amides is 2. The third-order valence-electron chi connectivity index (χ3n) is 7.02. The minimum Gasteiger partial charge on any atom is -0.485 e. The molecule has 0 radical (unpaired) electrons. The summed E-state index contributed by atoms with van der Waals surface area (Å²) in [5.41, 5.74) is 2.53. The van der Waals surface area contributed by atoms with Crippen LogP contribution in [0, 0.1) is 6.92 Å². The molecule has 1 fully saturated rings. The second-order valence-electron chi connectivity index (χ2n) is 9.64. The minimum atomic E-state index is -0.294. The Hall–Kier alpha value is -1.75. The zero-order valence-electron chi connectivity index (χ0n) is 22.6. The zero-order valence-corrected chi connectivity index (χ0v) is 27.3. The summed E-state index contributed by atoms with van der Waals surface area (Å²) in [5, 5.41) is 3.47. The number of ether oxygens (including phenoxy) is 1. The SMILES string of the molecule is Cc1nc2c(OCc3c(Cl)ccc(N(C)C(=O)CNC(=O)CN(C)C4CCCCC4)c3Cl)cccn2c1Br.Cl.Cl. The van der Waals surface area contributed by atoms with Gasteiger partial charge in [-0.05, 0) is 67.0 Å². The molecule has 1 saturated carbocycles. The van der Waals surface area contributed by atoms with Gasteiger partial charge < -0.3 is 15.0 Å². The van der Waals surface area contributed by atoms with E-state index in [2.05, 4.69) is 31.1 Å². The maximum atomic E-state index is 12.9. The summed E-state index contributed by atoms with van der Waals surface area (Å²) in [6.45, 7) is 2.13. The predicted molar refractivity (Wildman–Crippen MR) is 169 cm³/mol. The first kappa shape index (κ1) is 34.5. The number of halogens is 5. The van der Waals surface area contributed by atoms with Gasteiger partial charge in [-0.3, -0.25) is 18.9 Å². The van der Waals surface area contributed by atoms with E-state index in [1.165, 1.54) is 24.2 Å². The van der Waals surface area contributed by atoms with Gasteiger partial charge in [-0.1, -0.05) is 42.5 Å². The van der Waals surface area contributed by atoms with Crippen molar-refractivity contribution in [2.24, 2.45) is 0 Å². The smallest absolute Gasteiger partial charge is 0.246 e. The normalized spacial score (nSPS) is 13.5. The number of nitrogens with zero attached hydrogens (tertiary/aromatic N) is 4. The van der Waals surface area contributed by atoms with Crippen LogP contribution in [-0.2, 0) is 16.2 Å². The highest BCUT2D eigenvalue weighted by molar-refractivity contribution is 9.10. The van der Waals surface area contributed by atoms with Crippen LogP contribution in [-0.4, -0.2) is 59.3 Å². The molecule has 2 amide bonds. The van der Waals surface area contributed by atoms with Gasteiger partial charge in [0.25, 0.3) is 0 Å². The standard InChI is InChI=1S/C27H32BrCl2N5O3.2ClH/c1-17-26(28)35-13-7-10-22(27(35)32-17)38-16-19-20(29)11-12-21(25(19)30)34(3)24(37)14-31-23(36)15-33(2)18-8-5-4-6-9-18;;/h7,10-13,18H,4-6,8-9,14-16H2,1-3H3,(H,31,36);2*1H. The van der Waals surface area contributed by atoms with Crippen LogP contribution < -0.4 is 15.0 Å². The largest absolute Gasteiger partial charge is 0.485 e. The third-order valence-corrected chi connectivity index (χ3v) is 8.75. The van der Waals surface area contributed by atoms with Gasteiger partial charge in [-0.2, -0.15) is 0 Å². The quantitative estimate of drug-likeness (QED) is 0.277. The first-order chi connectivity index (χ1) is 18.2. The molecule has 0 aliphatic heterocycles. The van der Waals surface area contributed by atoms with Crippen molar-refractivity contribution in [3.63, 3.8) is 0 Å². The van der Waals surface area contributed by atoms with Gasteiger partial charge in [0, 0.05) is 29.9 Å². The van der Waals surface area contributed by atoms with Gasteiger partial charge >= 0.3 is 0 Å². The van der Waals surface area contributed by atoms with Crippen molar-refractivity contribution in [2.45, 2.75) is 51.7 Å². The highest BCUT2D eigenvalue weighted by Crippen LogP contribution is 2.35. The van der Waals surface area contributed by atoms with E-state index in [0.29, 0.717) is 38.7 Å². The van der Waals surface area contributed by atoms with E-state index in [4.69, 9.17) is 27.9 Å². The van der Waals surface area contributed by atoms with Crippen molar-refractivity contribution in [2.75, 3.05) is 32.1 Å². The Bertz CT molecular complexity index is 1330. The molecule has 2 heterocycles. The molecular weight excluding hydrogens is 664 g/mol. The molecule has 4 rings (SSSR count). The molecule has 1 N–H and O–H groups in total. The highest BCUT2D eigenvalue weighted by Gasteiger charge is 2.22. The number of carbonyl (C=O) groups excluding carboxylic acids is 2. The molecule has 0 unspecified atom stereocenters. The fourth-order valence-electron chi connectivity index (χ4n) is 4.73. The number of hydrogen-bond donors (Lipinski definition) is 1. The predicted octanol–water partition coefficient (Wildman–Crippen LogP) is 6.48. The second kappa shape index (κ2) is 15.5. The lowest BCUT2D eigenvalue weighted by atomic mass is 9.94. The van der Waals surface area contributed by atoms with Crippen LogP contribution in [0.15, 0.2) is 35.1 Å². The molecule has 3 aromatic rings. The molecule has 1 aromatic carbocycles. The molecule has 40 heavy (non-hydrogen) atoms. The number of aryl methyl sites for hydroxylation is 1. The number of benzene rings is 1. The van der Waals surface area contributed by atoms with Gasteiger partial charge in [0.1, 0.15) is 11.2 Å². The van der Waals surface area contributed by atoms with Crippen molar-refractivity contribution >= 4 is 87.1 Å². The molecular formula is C27H34BrCl4N5O3. The molecule has 0 bridgehead atoms. The number of hydrogen-bond acceptors (Lipinski definition) is 5. The number of nitrogens with one attached hydrogen (secondary N) is 1. The number of likely N-dealkylation sites (N-methyl/N-ethyl adjacent to an activating group) is 2. The lowest BCUT2D eigenvalue weighted by Crippen LogP contribution is -2.44. The molecule has 2 aromatic heterocycles. The first-order valence-electron chi connectivity index (χ1n) is 12.6. The lowest BCUT2D eigenvalue weighted by molar-refractivity contribution is -0.125. The fraction of sp³-hybridized carbons (Fsp3) is 0.444. The first-order valence-corrected chi connectivity index (χ1v) is 14.2. The van der Waals surface area contributed by atoms with Crippen LogP contribution in [0.25, 0.3) is 5.65 Å². The number of carbonyl (C=O) groups is 2. The molecule has 0 spiro atoms. The molecule has 0 saturated heterocycles. The number of pyridine rings is 1. The fourth-order valence-corrected chi connectivity index (χ4v) is 5.71. The second-order valence-corrected chi connectivity index (χ2v) is 11.2. The minimum absolute atomic E-state index is 0. The number of imidazole rings is 1. The highest BCUT2D eigenvalue weighted by atomic mass is 79.9. The van der Waals surface area contributed by atoms with E-state index in [1.807, 2.05) is 36.7 Å². The van der Waals surface area contributed by atoms with E-state index in [9.17, 15) is 9.59 Å². The third kappa shape index (κ3) is 7.95. The number of fused-ring (bicyclic) bond motifs is 1. The molecule has 1 aliphatic carbocycles. The average Bonchev–Trinajstić information content (AvgIpc) is 3.21. The van der Waals surface area contributed by atoms with Gasteiger partial charge in [0.15, 0.2) is 11.4 Å². The van der Waals surface area contributed by atoms with E-state index >= 15 is 0 Å². The maximum absolute atomic E-state index is 12.9. The van der Waals surface area contributed by atoms with Crippen LogP contribution >= 0.6 is 63.9 Å². The van der Waals surface area contributed by atoms with Gasteiger partial charge in [-0.15, -0.1) is 24.8 Å². The van der Waals surface area contributed by atoms with E-state index in [0.717, 1.165) is 23.1 Å². The summed E-state index contributed by atoms with van der Waals surface area (Å²) in [5.74, 6) is 0.104. The Morgan fingerprint density at radius 1 is 1.15 bits per heavy atom. The van der Waals surface area contributed by atoms with Crippen molar-refractivity contribution in [1.29, 1.82) is 0 Å². The Labute approximate surface area is 265 Å². The van der Waals surface area contributed by atoms with Crippen LogP contribution in [0.2, 0.25) is 10.0 Å². The van der Waals surface area contributed by atoms with Gasteiger partial charge in [0.05, 0.1) is 29.5 Å². The summed E-state index contributed by atoms with van der Waals surface area (Å²) < 4.78 is 8.80. The topological polar surface area (TPSA) is 79.2 Å². The zero-order chi connectivity index (χ0) is 27.4. The van der Waals surface area contributed by atoms with Gasteiger partial charge in [-0.25, -0.2) is 4.98 Å². The van der Waals surface area contributed by atoms with Crippen molar-refractivity contribution in [1.82, 2.24) is 19.6 Å². The van der Waals surface area contributed by atoms with Crippen molar-refractivity contribution < 1.29 is 14.3 Å². The Morgan fingerprint density at radius 3 is 2.55 bits per heavy atom. The Morgan fingerprint density at radius 2 is 1.85 bits per heavy atom. The molecule has 0 atom stereocenters. The van der Waals surface area contributed by atoms with Crippen LogP contribution in [0.1, 0.15) is 43.4 Å². The Kier molecular flexibility index (Phi) is 13.3.